The summed E-state index contributed by atoms with van der Waals surface area (Å²) in [7, 11) is 0. The maximum absolute atomic E-state index is 12.2. The molecule has 0 spiro atoms. The van der Waals surface area contributed by atoms with Crippen molar-refractivity contribution >= 4 is 23.4 Å². The molecule has 1 aromatic carbocycles. The molecule has 1 saturated heterocycles. The summed E-state index contributed by atoms with van der Waals surface area (Å²) < 4.78 is 0. The van der Waals surface area contributed by atoms with Crippen molar-refractivity contribution in [1.82, 2.24) is 20.5 Å². The largest absolute Gasteiger partial charge is 0.325 e. The zero-order chi connectivity index (χ0) is 14.7. The molecule has 3 rings (SSSR count). The quantitative estimate of drug-likeness (QED) is 0.799. The van der Waals surface area contributed by atoms with Crippen LogP contribution in [0.15, 0.2) is 24.3 Å². The third kappa shape index (κ3) is 3.43. The summed E-state index contributed by atoms with van der Waals surface area (Å²) in [6.45, 7) is 2.73. The summed E-state index contributed by atoms with van der Waals surface area (Å²) in [5.74, 6) is 3.28. The van der Waals surface area contributed by atoms with Gasteiger partial charge in [-0.25, -0.2) is 4.98 Å². The molecule has 2 aromatic rings. The van der Waals surface area contributed by atoms with Crippen LogP contribution in [0, 0.1) is 6.92 Å². The number of thioether (sulfide) groups is 1. The highest BCUT2D eigenvalue weighted by molar-refractivity contribution is 7.99. The third-order valence-corrected chi connectivity index (χ3v) is 4.29. The number of benzene rings is 1. The Morgan fingerprint density at radius 1 is 1.48 bits per heavy atom. The lowest BCUT2D eigenvalue weighted by molar-refractivity contribution is -0.117. The maximum Gasteiger partial charge on any atom is 0.242 e. The highest BCUT2D eigenvalue weighted by Gasteiger charge is 2.20. The van der Waals surface area contributed by atoms with Gasteiger partial charge in [-0.3, -0.25) is 9.89 Å². The minimum atomic E-state index is -0.127. The van der Waals surface area contributed by atoms with E-state index in [4.69, 9.17) is 0 Å². The first-order chi connectivity index (χ1) is 10.2. The first kappa shape index (κ1) is 14.1. The Bertz CT molecular complexity index is 636. The lowest BCUT2D eigenvalue weighted by Gasteiger charge is -2.22. The van der Waals surface area contributed by atoms with Crippen molar-refractivity contribution in [3.05, 3.63) is 30.1 Å². The monoisotopic (exact) mass is 303 g/mol. The molecule has 1 aromatic heterocycles. The number of aromatic nitrogens is 3. The number of aryl methyl sites for hydroxylation is 1. The van der Waals surface area contributed by atoms with E-state index in [1.54, 1.807) is 11.8 Å². The lowest BCUT2D eigenvalue weighted by Crippen LogP contribution is -2.46. The van der Waals surface area contributed by atoms with Crippen LogP contribution in [-0.4, -0.2) is 45.2 Å². The van der Waals surface area contributed by atoms with Crippen molar-refractivity contribution < 1.29 is 4.79 Å². The van der Waals surface area contributed by atoms with Gasteiger partial charge in [0.25, 0.3) is 0 Å². The highest BCUT2D eigenvalue weighted by Crippen LogP contribution is 2.19. The van der Waals surface area contributed by atoms with Crippen LogP contribution in [0.4, 0.5) is 5.69 Å². The number of amides is 1. The standard InChI is InChI=1S/C14H17N5OS/c1-9-16-13(19-18-9)10-3-2-4-11(7-10)17-14(20)12-8-21-6-5-15-12/h2-4,7,12,15H,5-6,8H2,1H3,(H,17,20)(H,16,18,19). The number of hydrogen-bond donors (Lipinski definition) is 3. The minimum absolute atomic E-state index is 0.00511. The fraction of sp³-hybridized carbons (Fsp3) is 0.357. The minimum Gasteiger partial charge on any atom is -0.325 e. The molecule has 0 saturated carbocycles. The molecule has 1 fully saturated rings. The first-order valence-electron chi connectivity index (χ1n) is 6.84. The van der Waals surface area contributed by atoms with E-state index in [9.17, 15) is 4.79 Å². The first-order valence-corrected chi connectivity index (χ1v) is 7.99. The Labute approximate surface area is 127 Å². The number of nitrogens with zero attached hydrogens (tertiary/aromatic N) is 2. The van der Waals surface area contributed by atoms with Crippen LogP contribution in [0.2, 0.25) is 0 Å². The highest BCUT2D eigenvalue weighted by atomic mass is 32.2. The lowest BCUT2D eigenvalue weighted by atomic mass is 10.2. The fourth-order valence-corrected chi connectivity index (χ4v) is 3.10. The van der Waals surface area contributed by atoms with Gasteiger partial charge in [0.1, 0.15) is 5.82 Å². The summed E-state index contributed by atoms with van der Waals surface area (Å²) in [4.78, 5) is 16.5. The molecule has 3 N–H and O–H groups in total. The van der Waals surface area contributed by atoms with Crippen molar-refractivity contribution in [2.75, 3.05) is 23.4 Å². The second-order valence-electron chi connectivity index (χ2n) is 4.90. The summed E-state index contributed by atoms with van der Waals surface area (Å²) in [5, 5.41) is 13.1. The number of nitrogens with one attached hydrogen (secondary N) is 3. The van der Waals surface area contributed by atoms with Crippen molar-refractivity contribution in [2.45, 2.75) is 13.0 Å². The molecular formula is C14H17N5OS. The number of carbonyl (C=O) groups excluding carboxylic acids is 1. The average Bonchev–Trinajstić information content (AvgIpc) is 2.95. The normalized spacial score (nSPS) is 18.4. The molecule has 1 aliphatic heterocycles. The maximum atomic E-state index is 12.2. The average molecular weight is 303 g/mol. The Hall–Kier alpha value is -1.86. The number of rotatable bonds is 3. The predicted molar refractivity (Wildman–Crippen MR) is 84.3 cm³/mol. The van der Waals surface area contributed by atoms with Crippen LogP contribution >= 0.6 is 11.8 Å². The van der Waals surface area contributed by atoms with Gasteiger partial charge >= 0.3 is 0 Å². The van der Waals surface area contributed by atoms with E-state index in [1.165, 1.54) is 0 Å². The van der Waals surface area contributed by atoms with Gasteiger partial charge in [0.05, 0.1) is 6.04 Å². The van der Waals surface area contributed by atoms with Gasteiger partial charge < -0.3 is 10.6 Å². The Balaban J connectivity index is 1.72. The Kier molecular flexibility index (Phi) is 4.21. The Morgan fingerprint density at radius 3 is 3.10 bits per heavy atom. The van der Waals surface area contributed by atoms with E-state index >= 15 is 0 Å². The predicted octanol–water partition coefficient (Wildman–Crippen LogP) is 1.42. The van der Waals surface area contributed by atoms with Crippen LogP contribution in [0.1, 0.15) is 5.82 Å². The van der Waals surface area contributed by atoms with Crippen molar-refractivity contribution in [1.29, 1.82) is 0 Å². The number of anilines is 1. The van der Waals surface area contributed by atoms with Gasteiger partial charge in [0.2, 0.25) is 5.91 Å². The molecule has 0 bridgehead atoms. The van der Waals surface area contributed by atoms with Gasteiger partial charge in [0, 0.05) is 29.3 Å². The van der Waals surface area contributed by atoms with Crippen LogP contribution in [0.3, 0.4) is 0 Å². The second-order valence-corrected chi connectivity index (χ2v) is 6.05. The van der Waals surface area contributed by atoms with E-state index in [-0.39, 0.29) is 11.9 Å². The molecule has 1 atom stereocenters. The van der Waals surface area contributed by atoms with Gasteiger partial charge in [-0.1, -0.05) is 12.1 Å². The van der Waals surface area contributed by atoms with Gasteiger partial charge in [-0.2, -0.15) is 16.9 Å². The van der Waals surface area contributed by atoms with E-state index in [1.807, 2.05) is 31.2 Å². The summed E-state index contributed by atoms with van der Waals surface area (Å²) in [6.07, 6.45) is 0. The summed E-state index contributed by atoms with van der Waals surface area (Å²) >= 11 is 1.80. The SMILES string of the molecule is Cc1nc(-c2cccc(NC(=O)C3CSCCN3)c2)n[nH]1. The van der Waals surface area contributed by atoms with Crippen molar-refractivity contribution in [3.63, 3.8) is 0 Å². The smallest absolute Gasteiger partial charge is 0.242 e. The van der Waals surface area contributed by atoms with E-state index in [0.717, 1.165) is 35.1 Å². The molecule has 0 aliphatic carbocycles. The van der Waals surface area contributed by atoms with Gasteiger partial charge in [-0.15, -0.1) is 0 Å². The summed E-state index contributed by atoms with van der Waals surface area (Å²) in [5.41, 5.74) is 1.64. The Morgan fingerprint density at radius 2 is 2.38 bits per heavy atom. The zero-order valence-electron chi connectivity index (χ0n) is 11.7. The molecule has 7 heteroatoms. The molecule has 110 valence electrons. The summed E-state index contributed by atoms with van der Waals surface area (Å²) in [6, 6.07) is 7.44. The van der Waals surface area contributed by atoms with Gasteiger partial charge in [-0.05, 0) is 19.1 Å². The van der Waals surface area contributed by atoms with Gasteiger partial charge in [0.15, 0.2) is 5.82 Å². The molecule has 21 heavy (non-hydrogen) atoms. The van der Waals surface area contributed by atoms with Crippen molar-refractivity contribution in [2.24, 2.45) is 0 Å². The van der Waals surface area contributed by atoms with E-state index < -0.39 is 0 Å². The number of hydrogen-bond acceptors (Lipinski definition) is 5. The van der Waals surface area contributed by atoms with Crippen LogP contribution in [-0.2, 0) is 4.79 Å². The zero-order valence-corrected chi connectivity index (χ0v) is 12.5. The topological polar surface area (TPSA) is 82.7 Å². The molecule has 6 nitrogen and oxygen atoms in total. The van der Waals surface area contributed by atoms with E-state index in [2.05, 4.69) is 25.8 Å². The van der Waals surface area contributed by atoms with Crippen LogP contribution in [0.5, 0.6) is 0 Å². The van der Waals surface area contributed by atoms with E-state index in [0.29, 0.717) is 5.82 Å². The van der Waals surface area contributed by atoms with Crippen LogP contribution in [0.25, 0.3) is 11.4 Å². The number of carbonyl (C=O) groups is 1. The van der Waals surface area contributed by atoms with Crippen molar-refractivity contribution in [3.8, 4) is 11.4 Å². The molecule has 1 unspecified atom stereocenters. The number of H-pyrrole nitrogens is 1. The number of aromatic amines is 1. The molecule has 2 heterocycles. The molecular weight excluding hydrogens is 286 g/mol. The molecule has 1 aliphatic rings. The third-order valence-electron chi connectivity index (χ3n) is 3.22. The van der Waals surface area contributed by atoms with Crippen LogP contribution < -0.4 is 10.6 Å². The molecule has 1 amide bonds. The molecule has 0 radical (unpaired) electrons. The fourth-order valence-electron chi connectivity index (χ4n) is 2.17. The second kappa shape index (κ2) is 6.28.